The summed E-state index contributed by atoms with van der Waals surface area (Å²) >= 11 is 0. The monoisotopic (exact) mass is 228 g/mol. The number of benzene rings is 1. The van der Waals surface area contributed by atoms with Crippen LogP contribution in [0.3, 0.4) is 0 Å². The van der Waals surface area contributed by atoms with Gasteiger partial charge in [0.1, 0.15) is 0 Å². The molecule has 2 rings (SSSR count). The fraction of sp³-hybridized carbons (Fsp3) is 0.0769. The molecule has 4 heteroatoms. The van der Waals surface area contributed by atoms with Gasteiger partial charge in [0.05, 0.1) is 6.20 Å². The molecule has 0 bridgehead atoms. The highest BCUT2D eigenvalue weighted by Crippen LogP contribution is 2.21. The minimum Gasteiger partial charge on any atom is -0.444 e. The lowest BCUT2D eigenvalue weighted by atomic mass is 10.1. The van der Waals surface area contributed by atoms with Gasteiger partial charge >= 0.3 is 0 Å². The van der Waals surface area contributed by atoms with Gasteiger partial charge in [0.2, 0.25) is 5.91 Å². The molecule has 0 saturated heterocycles. The third-order valence-electron chi connectivity index (χ3n) is 2.16. The lowest BCUT2D eigenvalue weighted by Crippen LogP contribution is -2.07. The average Bonchev–Trinajstić information content (AvgIpc) is 2.83. The zero-order valence-corrected chi connectivity index (χ0v) is 9.38. The van der Waals surface area contributed by atoms with Gasteiger partial charge in [-0.2, -0.15) is 0 Å². The number of hydrogen-bond acceptors (Lipinski definition) is 3. The van der Waals surface area contributed by atoms with Crippen LogP contribution in [-0.2, 0) is 4.79 Å². The number of oxazole rings is 1. The van der Waals surface area contributed by atoms with Gasteiger partial charge in [-0.25, -0.2) is 4.98 Å². The molecule has 0 aliphatic heterocycles. The number of rotatable bonds is 3. The Balaban J connectivity index is 2.20. The second kappa shape index (κ2) is 5.12. The Morgan fingerprint density at radius 3 is 3.06 bits per heavy atom. The summed E-state index contributed by atoms with van der Waals surface area (Å²) in [6.45, 7) is 1.80. The Labute approximate surface area is 99.0 Å². The Kier molecular flexibility index (Phi) is 3.35. The molecule has 86 valence electrons. The van der Waals surface area contributed by atoms with Crippen LogP contribution < -0.4 is 5.32 Å². The van der Waals surface area contributed by atoms with E-state index in [1.807, 2.05) is 24.3 Å². The van der Waals surface area contributed by atoms with Crippen LogP contribution >= 0.6 is 0 Å². The van der Waals surface area contributed by atoms with Gasteiger partial charge < -0.3 is 9.73 Å². The van der Waals surface area contributed by atoms with Crippen molar-refractivity contribution in [3.05, 3.63) is 49.0 Å². The van der Waals surface area contributed by atoms with Gasteiger partial charge in [-0.1, -0.05) is 18.2 Å². The summed E-state index contributed by atoms with van der Waals surface area (Å²) in [5.74, 6) is 0.523. The SMILES string of the molecule is CC=CC(=O)Nc1cccc(-c2cnco2)c1. The number of carbonyl (C=O) groups excluding carboxylic acids is 1. The van der Waals surface area contributed by atoms with Crippen LogP contribution in [0.15, 0.2) is 53.4 Å². The van der Waals surface area contributed by atoms with Crippen LogP contribution in [0.2, 0.25) is 0 Å². The van der Waals surface area contributed by atoms with Crippen molar-refractivity contribution >= 4 is 11.6 Å². The highest BCUT2D eigenvalue weighted by Gasteiger charge is 2.03. The van der Waals surface area contributed by atoms with Gasteiger partial charge in [0, 0.05) is 11.3 Å². The maximum absolute atomic E-state index is 11.4. The maximum Gasteiger partial charge on any atom is 0.248 e. The lowest BCUT2D eigenvalue weighted by Gasteiger charge is -2.03. The fourth-order valence-electron chi connectivity index (χ4n) is 1.44. The third-order valence-corrected chi connectivity index (χ3v) is 2.16. The molecule has 0 aliphatic rings. The second-order valence-corrected chi connectivity index (χ2v) is 3.44. The van der Waals surface area contributed by atoms with Crippen molar-refractivity contribution in [2.24, 2.45) is 0 Å². The molecule has 0 fully saturated rings. The van der Waals surface area contributed by atoms with Crippen molar-refractivity contribution in [2.75, 3.05) is 5.32 Å². The van der Waals surface area contributed by atoms with E-state index in [-0.39, 0.29) is 5.91 Å². The Morgan fingerprint density at radius 1 is 1.47 bits per heavy atom. The van der Waals surface area contributed by atoms with Crippen LogP contribution in [0.25, 0.3) is 11.3 Å². The van der Waals surface area contributed by atoms with E-state index in [1.165, 1.54) is 12.5 Å². The first kappa shape index (κ1) is 11.1. The van der Waals surface area contributed by atoms with E-state index in [2.05, 4.69) is 10.3 Å². The van der Waals surface area contributed by atoms with Crippen molar-refractivity contribution < 1.29 is 9.21 Å². The standard InChI is InChI=1S/C13H12N2O2/c1-2-4-13(16)15-11-6-3-5-10(7-11)12-8-14-9-17-12/h2-9H,1H3,(H,15,16). The van der Waals surface area contributed by atoms with E-state index in [9.17, 15) is 4.79 Å². The van der Waals surface area contributed by atoms with E-state index in [0.717, 1.165) is 11.3 Å². The first-order valence-corrected chi connectivity index (χ1v) is 5.22. The predicted octanol–water partition coefficient (Wildman–Crippen LogP) is 2.86. The normalized spacial score (nSPS) is 10.6. The molecule has 0 unspecified atom stereocenters. The predicted molar refractivity (Wildman–Crippen MR) is 65.4 cm³/mol. The van der Waals surface area contributed by atoms with Crippen LogP contribution in [-0.4, -0.2) is 10.9 Å². The molecule has 1 N–H and O–H groups in total. The summed E-state index contributed by atoms with van der Waals surface area (Å²) in [5, 5.41) is 2.76. The summed E-state index contributed by atoms with van der Waals surface area (Å²) in [7, 11) is 0. The second-order valence-electron chi connectivity index (χ2n) is 3.44. The topological polar surface area (TPSA) is 55.1 Å². The van der Waals surface area contributed by atoms with Crippen molar-refractivity contribution in [2.45, 2.75) is 6.92 Å². The molecule has 0 saturated carbocycles. The number of aromatic nitrogens is 1. The highest BCUT2D eigenvalue weighted by molar-refractivity contribution is 5.99. The van der Waals surface area contributed by atoms with Crippen LogP contribution in [0.1, 0.15) is 6.92 Å². The molecule has 1 amide bonds. The number of anilines is 1. The molecular weight excluding hydrogens is 216 g/mol. The summed E-state index contributed by atoms with van der Waals surface area (Å²) in [5.41, 5.74) is 1.60. The number of nitrogens with zero attached hydrogens (tertiary/aromatic N) is 1. The maximum atomic E-state index is 11.4. The minimum atomic E-state index is -0.151. The third kappa shape index (κ3) is 2.81. The fourth-order valence-corrected chi connectivity index (χ4v) is 1.44. The Bertz CT molecular complexity index is 530. The molecule has 0 aliphatic carbocycles. The van der Waals surface area contributed by atoms with Gasteiger partial charge in [0.25, 0.3) is 0 Å². The average molecular weight is 228 g/mol. The van der Waals surface area contributed by atoms with E-state index in [1.54, 1.807) is 19.2 Å². The van der Waals surface area contributed by atoms with Gasteiger partial charge in [0.15, 0.2) is 12.2 Å². The van der Waals surface area contributed by atoms with E-state index >= 15 is 0 Å². The largest absolute Gasteiger partial charge is 0.444 e. The smallest absolute Gasteiger partial charge is 0.248 e. The van der Waals surface area contributed by atoms with Crippen LogP contribution in [0.4, 0.5) is 5.69 Å². The Hall–Kier alpha value is -2.36. The van der Waals surface area contributed by atoms with Crippen molar-refractivity contribution in [1.82, 2.24) is 4.98 Å². The van der Waals surface area contributed by atoms with Gasteiger partial charge in [-0.05, 0) is 25.1 Å². The van der Waals surface area contributed by atoms with Crippen molar-refractivity contribution in [3.63, 3.8) is 0 Å². The molecule has 0 radical (unpaired) electrons. The van der Waals surface area contributed by atoms with E-state index in [4.69, 9.17) is 4.42 Å². The highest BCUT2D eigenvalue weighted by atomic mass is 16.3. The molecule has 4 nitrogen and oxygen atoms in total. The summed E-state index contributed by atoms with van der Waals surface area (Å²) in [6.07, 6.45) is 6.17. The van der Waals surface area contributed by atoms with Crippen LogP contribution in [0.5, 0.6) is 0 Å². The molecular formula is C13H12N2O2. The zero-order chi connectivity index (χ0) is 12.1. The van der Waals surface area contributed by atoms with Crippen LogP contribution in [0, 0.1) is 0 Å². The number of hydrogen-bond donors (Lipinski definition) is 1. The van der Waals surface area contributed by atoms with Crippen molar-refractivity contribution in [3.8, 4) is 11.3 Å². The van der Waals surface area contributed by atoms with E-state index < -0.39 is 0 Å². The summed E-state index contributed by atoms with van der Waals surface area (Å²) < 4.78 is 5.19. The molecule has 1 aromatic heterocycles. The zero-order valence-electron chi connectivity index (χ0n) is 9.38. The lowest BCUT2D eigenvalue weighted by molar-refractivity contribution is -0.111. The minimum absolute atomic E-state index is 0.151. The molecule has 0 spiro atoms. The number of carbonyl (C=O) groups is 1. The Morgan fingerprint density at radius 2 is 2.35 bits per heavy atom. The quantitative estimate of drug-likeness (QED) is 0.822. The van der Waals surface area contributed by atoms with Crippen molar-refractivity contribution in [1.29, 1.82) is 0 Å². The molecule has 1 heterocycles. The van der Waals surface area contributed by atoms with E-state index in [0.29, 0.717) is 5.76 Å². The molecule has 2 aromatic rings. The number of allylic oxidation sites excluding steroid dienone is 1. The summed E-state index contributed by atoms with van der Waals surface area (Å²) in [4.78, 5) is 15.2. The molecule has 0 atom stereocenters. The van der Waals surface area contributed by atoms with Gasteiger partial charge in [-0.15, -0.1) is 0 Å². The molecule has 1 aromatic carbocycles. The number of nitrogens with one attached hydrogen (secondary N) is 1. The first-order chi connectivity index (χ1) is 8.29. The molecule has 17 heavy (non-hydrogen) atoms. The van der Waals surface area contributed by atoms with Gasteiger partial charge in [-0.3, -0.25) is 4.79 Å². The first-order valence-electron chi connectivity index (χ1n) is 5.22. The number of amides is 1. The summed E-state index contributed by atoms with van der Waals surface area (Å²) in [6, 6.07) is 7.40.